The van der Waals surface area contributed by atoms with Crippen LogP contribution >= 0.6 is 11.6 Å². The summed E-state index contributed by atoms with van der Waals surface area (Å²) < 4.78 is 12.0. The second kappa shape index (κ2) is 7.67. The summed E-state index contributed by atoms with van der Waals surface area (Å²) in [6.07, 6.45) is -3.81. The molecule has 33 heavy (non-hydrogen) atoms. The van der Waals surface area contributed by atoms with Crippen molar-refractivity contribution in [3.05, 3.63) is 64.2 Å². The van der Waals surface area contributed by atoms with Crippen molar-refractivity contribution in [2.75, 3.05) is 6.61 Å². The lowest BCUT2D eigenvalue weighted by Crippen LogP contribution is -2.55. The molecule has 0 radical (unpaired) electrons. The van der Waals surface area contributed by atoms with Gasteiger partial charge in [-0.1, -0.05) is 42.8 Å². The van der Waals surface area contributed by atoms with Crippen LogP contribution in [0, 0.1) is 23.2 Å². The molecule has 176 valence electrons. The predicted molar refractivity (Wildman–Crippen MR) is 121 cm³/mol. The highest BCUT2D eigenvalue weighted by molar-refractivity contribution is 6.31. The summed E-state index contributed by atoms with van der Waals surface area (Å²) in [5.74, 6) is 3.47. The molecule has 0 amide bonds. The summed E-state index contributed by atoms with van der Waals surface area (Å²) in [5.41, 5.74) is 3.15. The van der Waals surface area contributed by atoms with Crippen LogP contribution < -0.4 is 4.74 Å². The van der Waals surface area contributed by atoms with E-state index in [4.69, 9.17) is 21.1 Å². The van der Waals surface area contributed by atoms with Crippen LogP contribution in [0.1, 0.15) is 36.1 Å². The largest absolute Gasteiger partial charge is 0.490 e. The first-order chi connectivity index (χ1) is 15.8. The van der Waals surface area contributed by atoms with Crippen LogP contribution in [-0.2, 0) is 11.2 Å². The van der Waals surface area contributed by atoms with Gasteiger partial charge in [-0.25, -0.2) is 0 Å². The van der Waals surface area contributed by atoms with Crippen LogP contribution in [-0.4, -0.2) is 57.6 Å². The molecule has 0 spiro atoms. The minimum absolute atomic E-state index is 0.362. The number of hydrogen-bond acceptors (Lipinski definition) is 6. The lowest BCUT2D eigenvalue weighted by atomic mass is 9.90. The minimum Gasteiger partial charge on any atom is -0.490 e. The molecular formula is C26H29ClO6. The molecule has 4 aliphatic carbocycles. The molecule has 4 N–H and O–H groups in total. The Kier molecular flexibility index (Phi) is 5.07. The molecule has 7 rings (SSSR count). The maximum absolute atomic E-state index is 10.4. The number of benzene rings is 2. The van der Waals surface area contributed by atoms with Gasteiger partial charge in [0, 0.05) is 10.9 Å². The van der Waals surface area contributed by atoms with Crippen molar-refractivity contribution in [3.8, 4) is 5.75 Å². The van der Waals surface area contributed by atoms with Gasteiger partial charge >= 0.3 is 0 Å². The molecule has 5 aliphatic rings. The summed E-state index contributed by atoms with van der Waals surface area (Å²) in [7, 11) is 0. The molecule has 10 atom stereocenters. The van der Waals surface area contributed by atoms with Gasteiger partial charge in [0.15, 0.2) is 0 Å². The monoisotopic (exact) mass is 472 g/mol. The first-order valence-corrected chi connectivity index (χ1v) is 12.0. The van der Waals surface area contributed by atoms with Crippen LogP contribution in [0.4, 0.5) is 0 Å². The topological polar surface area (TPSA) is 99.4 Å². The number of aliphatic hydroxyl groups excluding tert-OH is 4. The number of halogens is 1. The third kappa shape index (κ3) is 3.34. The van der Waals surface area contributed by atoms with Gasteiger partial charge in [0.2, 0.25) is 0 Å². The van der Waals surface area contributed by atoms with E-state index in [0.717, 1.165) is 34.6 Å². The second-order valence-corrected chi connectivity index (χ2v) is 10.7. The Hall–Kier alpha value is -1.67. The fourth-order valence-electron chi connectivity index (χ4n) is 6.56. The van der Waals surface area contributed by atoms with E-state index >= 15 is 0 Å². The molecule has 2 bridgehead atoms. The van der Waals surface area contributed by atoms with E-state index in [-0.39, 0.29) is 0 Å². The fourth-order valence-corrected chi connectivity index (χ4v) is 6.74. The molecule has 1 saturated heterocycles. The molecule has 7 heteroatoms. The van der Waals surface area contributed by atoms with Crippen molar-refractivity contribution in [1.82, 2.24) is 0 Å². The first kappa shape index (κ1) is 21.8. The van der Waals surface area contributed by atoms with Crippen LogP contribution in [0.2, 0.25) is 5.02 Å². The SMILES string of the molecule is C[C@@]12C3[C@@H]1[C@@H]2C[C@H]3Oc1ccc(Cc2cc([C@H]3O[C@H](CO)[C@@H](O)[C@H](O)[C@H]3O)ccc2Cl)cc1. The van der Waals surface area contributed by atoms with E-state index in [1.54, 1.807) is 12.1 Å². The number of ether oxygens (including phenoxy) is 2. The zero-order chi connectivity index (χ0) is 23.1. The standard InChI is InChI=1S/C26H29ClO6/c1-26-16-10-18(21(26)20(16)26)32-15-5-2-12(3-6-15)8-14-9-13(4-7-17(14)27)25-24(31)23(30)22(29)19(11-28)33-25/h2-7,9,16,18-25,28-31H,8,10-11H2,1H3/t16-,18+,19+,20-,21?,22+,23-,24+,25+,26-/m0/s1. The van der Waals surface area contributed by atoms with Crippen LogP contribution in [0.25, 0.3) is 0 Å². The van der Waals surface area contributed by atoms with Gasteiger partial charge in [-0.3, -0.25) is 0 Å². The molecule has 6 nitrogen and oxygen atoms in total. The van der Waals surface area contributed by atoms with E-state index in [1.165, 1.54) is 6.42 Å². The third-order valence-corrected chi connectivity index (χ3v) is 8.99. The zero-order valence-corrected chi connectivity index (χ0v) is 19.1. The number of fused-ring (bicyclic) bond motifs is 1. The van der Waals surface area contributed by atoms with E-state index < -0.39 is 37.1 Å². The number of aliphatic hydroxyl groups is 4. The van der Waals surface area contributed by atoms with Crippen molar-refractivity contribution >= 4 is 11.6 Å². The van der Waals surface area contributed by atoms with Crippen molar-refractivity contribution in [2.24, 2.45) is 23.2 Å². The highest BCUT2D eigenvalue weighted by Crippen LogP contribution is 2.91. The van der Waals surface area contributed by atoms with Gasteiger partial charge in [-0.15, -0.1) is 0 Å². The average molecular weight is 473 g/mol. The summed E-state index contributed by atoms with van der Waals surface area (Å²) >= 11 is 6.45. The number of hydrogen-bond donors (Lipinski definition) is 4. The average Bonchev–Trinajstić information content (AvgIpc) is 3.46. The molecule has 1 heterocycles. The van der Waals surface area contributed by atoms with E-state index in [9.17, 15) is 20.4 Å². The molecule has 0 aromatic heterocycles. The molecular weight excluding hydrogens is 444 g/mol. The summed E-state index contributed by atoms with van der Waals surface area (Å²) in [6, 6.07) is 13.4. The van der Waals surface area contributed by atoms with Crippen molar-refractivity contribution in [3.63, 3.8) is 0 Å². The Balaban J connectivity index is 1.15. The van der Waals surface area contributed by atoms with Crippen LogP contribution in [0.15, 0.2) is 42.5 Å². The quantitative estimate of drug-likeness (QED) is 0.515. The summed E-state index contributed by atoms with van der Waals surface area (Å²) in [4.78, 5) is 0. The summed E-state index contributed by atoms with van der Waals surface area (Å²) in [6.45, 7) is 1.93. The van der Waals surface area contributed by atoms with Crippen molar-refractivity contribution < 1.29 is 29.9 Å². The van der Waals surface area contributed by atoms with Crippen molar-refractivity contribution in [2.45, 2.75) is 56.4 Å². The minimum atomic E-state index is -1.41. The lowest BCUT2D eigenvalue weighted by molar-refractivity contribution is -0.231. The van der Waals surface area contributed by atoms with Crippen molar-refractivity contribution in [1.29, 1.82) is 0 Å². The van der Waals surface area contributed by atoms with E-state index in [2.05, 4.69) is 6.92 Å². The van der Waals surface area contributed by atoms with Gasteiger partial charge in [0.1, 0.15) is 42.4 Å². The van der Waals surface area contributed by atoms with Gasteiger partial charge in [0.25, 0.3) is 0 Å². The van der Waals surface area contributed by atoms with Gasteiger partial charge < -0.3 is 29.9 Å². The van der Waals surface area contributed by atoms with Gasteiger partial charge in [0.05, 0.1) is 6.61 Å². The van der Waals surface area contributed by atoms with E-state index in [1.807, 2.05) is 30.3 Å². The fraction of sp³-hybridized carbons (Fsp3) is 0.538. The van der Waals surface area contributed by atoms with Crippen LogP contribution in [0.3, 0.4) is 0 Å². The lowest BCUT2D eigenvalue weighted by Gasteiger charge is -2.40. The first-order valence-electron chi connectivity index (χ1n) is 11.7. The Morgan fingerprint density at radius 1 is 1.03 bits per heavy atom. The van der Waals surface area contributed by atoms with Crippen LogP contribution in [0.5, 0.6) is 5.75 Å². The smallest absolute Gasteiger partial charge is 0.119 e. The van der Waals surface area contributed by atoms with Gasteiger partial charge in [-0.2, -0.15) is 0 Å². The predicted octanol–water partition coefficient (Wildman–Crippen LogP) is 2.48. The van der Waals surface area contributed by atoms with Gasteiger partial charge in [-0.05, 0) is 65.0 Å². The molecule has 5 fully saturated rings. The third-order valence-electron chi connectivity index (χ3n) is 8.62. The molecule has 1 unspecified atom stereocenters. The highest BCUT2D eigenvalue weighted by Gasteiger charge is 2.90. The Morgan fingerprint density at radius 2 is 1.76 bits per heavy atom. The Morgan fingerprint density at radius 3 is 2.39 bits per heavy atom. The van der Waals surface area contributed by atoms with E-state index in [0.29, 0.717) is 28.5 Å². The number of rotatable bonds is 6. The molecule has 4 saturated carbocycles. The molecule has 2 aromatic rings. The second-order valence-electron chi connectivity index (χ2n) is 10.3. The Bertz CT molecular complexity index is 1050. The maximum atomic E-state index is 10.4. The molecule has 1 aliphatic heterocycles. The Labute approximate surface area is 197 Å². The molecule has 2 aromatic carbocycles. The zero-order valence-electron chi connectivity index (χ0n) is 18.3. The maximum Gasteiger partial charge on any atom is 0.119 e. The normalized spacial score (nSPS) is 42.7. The highest BCUT2D eigenvalue weighted by atomic mass is 35.5. The summed E-state index contributed by atoms with van der Waals surface area (Å²) in [5, 5.41) is 40.6.